The van der Waals surface area contributed by atoms with Gasteiger partial charge in [0.1, 0.15) is 0 Å². The van der Waals surface area contributed by atoms with Crippen LogP contribution < -0.4 is 5.32 Å². The summed E-state index contributed by atoms with van der Waals surface area (Å²) < 4.78 is 0. The summed E-state index contributed by atoms with van der Waals surface area (Å²) in [5.74, 6) is 2.83. The molecule has 0 aliphatic heterocycles. The van der Waals surface area contributed by atoms with Crippen molar-refractivity contribution in [1.29, 1.82) is 0 Å². The number of nitrogens with one attached hydrogen (secondary N) is 1. The standard InChI is InChI=1S/C28H45N3O3.ClH/c1-6-29-16-17-31(7-2)26(33)34-30-19(3)23-10-11-24-22-9-8-20-18-21(32)12-14-27(20,4)25(22)13-15-28(23,24)5;/h18,22-25,29H,6-17H2,1-5H3;1H/b30-19+;/t22-,23+,24-,25-,27-,28+;/m0./s1. The van der Waals surface area contributed by atoms with E-state index in [0.717, 1.165) is 44.0 Å². The molecule has 0 bridgehead atoms. The lowest BCUT2D eigenvalue weighted by atomic mass is 9.46. The molecule has 0 unspecified atom stereocenters. The molecule has 4 aliphatic carbocycles. The van der Waals surface area contributed by atoms with Crippen LogP contribution in [0.4, 0.5) is 4.79 Å². The molecule has 1 N–H and O–H groups in total. The third-order valence-electron chi connectivity index (χ3n) is 10.2. The normalized spacial score (nSPS) is 36.3. The van der Waals surface area contributed by atoms with Crippen molar-refractivity contribution in [3.63, 3.8) is 0 Å². The number of rotatable bonds is 7. The van der Waals surface area contributed by atoms with Gasteiger partial charge in [0.15, 0.2) is 5.78 Å². The molecule has 3 fully saturated rings. The number of likely N-dealkylation sites (N-methyl/N-ethyl adjacent to an activating group) is 2. The Morgan fingerprint density at radius 3 is 2.63 bits per heavy atom. The van der Waals surface area contributed by atoms with Crippen molar-refractivity contribution >= 4 is 30.0 Å². The van der Waals surface area contributed by atoms with Crippen molar-refractivity contribution in [2.24, 2.45) is 39.7 Å². The molecule has 0 heterocycles. The maximum atomic E-state index is 12.6. The molecule has 0 radical (unpaired) electrons. The number of allylic oxidation sites excluding steroid dienone is 1. The fourth-order valence-corrected chi connectivity index (χ4v) is 8.25. The summed E-state index contributed by atoms with van der Waals surface area (Å²) in [6.45, 7) is 13.9. The van der Waals surface area contributed by atoms with Crippen LogP contribution in [0.1, 0.15) is 86.0 Å². The van der Waals surface area contributed by atoms with Gasteiger partial charge in [-0.1, -0.05) is 31.5 Å². The zero-order valence-corrected chi connectivity index (χ0v) is 23.2. The predicted octanol–water partition coefficient (Wildman–Crippen LogP) is 6.00. The lowest BCUT2D eigenvalue weighted by Crippen LogP contribution is -2.51. The van der Waals surface area contributed by atoms with Crippen LogP contribution in [0.15, 0.2) is 16.8 Å². The summed E-state index contributed by atoms with van der Waals surface area (Å²) in [5.41, 5.74) is 2.84. The van der Waals surface area contributed by atoms with E-state index in [1.807, 2.05) is 13.0 Å². The second-order valence-electron chi connectivity index (χ2n) is 11.7. The molecule has 1 amide bonds. The second-order valence-corrected chi connectivity index (χ2v) is 11.7. The van der Waals surface area contributed by atoms with E-state index in [1.165, 1.54) is 31.3 Å². The Morgan fingerprint density at radius 1 is 1.14 bits per heavy atom. The number of oxime groups is 1. The van der Waals surface area contributed by atoms with Crippen molar-refractivity contribution in [1.82, 2.24) is 10.2 Å². The number of carbonyl (C=O) groups excluding carboxylic acids is 2. The van der Waals surface area contributed by atoms with Gasteiger partial charge in [-0.2, -0.15) is 0 Å². The fraction of sp³-hybridized carbons (Fsp3) is 0.821. The number of carbonyl (C=O) groups is 2. The lowest BCUT2D eigenvalue weighted by molar-refractivity contribution is -0.117. The smallest absolute Gasteiger partial charge is 0.315 e. The first-order valence-electron chi connectivity index (χ1n) is 13.7. The maximum Gasteiger partial charge on any atom is 0.436 e. The Kier molecular flexibility index (Phi) is 9.12. The zero-order valence-electron chi connectivity index (χ0n) is 22.4. The predicted molar refractivity (Wildman–Crippen MR) is 143 cm³/mol. The molecule has 0 aromatic carbocycles. The SMILES string of the molecule is CCNCCN(CC)C(=O)O/N=C(\C)[C@H]1CC[C@H]2[C@@H]3CCC4=CC(=O)CC[C@]4(C)[C@H]3CC[C@]12C.Cl. The van der Waals surface area contributed by atoms with Crippen molar-refractivity contribution in [3.8, 4) is 0 Å². The minimum Gasteiger partial charge on any atom is -0.315 e. The highest BCUT2D eigenvalue weighted by molar-refractivity contribution is 5.91. The fourth-order valence-electron chi connectivity index (χ4n) is 8.25. The summed E-state index contributed by atoms with van der Waals surface area (Å²) in [7, 11) is 0. The maximum absolute atomic E-state index is 12.6. The van der Waals surface area contributed by atoms with Gasteiger partial charge in [0.25, 0.3) is 0 Å². The van der Waals surface area contributed by atoms with Gasteiger partial charge in [-0.15, -0.1) is 12.4 Å². The number of halogens is 1. The topological polar surface area (TPSA) is 71.0 Å². The molecule has 0 aromatic rings. The lowest BCUT2D eigenvalue weighted by Gasteiger charge is -2.58. The molecule has 4 aliphatic rings. The molecule has 6 atom stereocenters. The average Bonchev–Trinajstić information content (AvgIpc) is 3.18. The first kappa shape index (κ1) is 28.2. The molecule has 7 heteroatoms. The molecular weight excluding hydrogens is 462 g/mol. The van der Waals surface area contributed by atoms with Gasteiger partial charge in [-0.05, 0) is 100.0 Å². The number of fused-ring (bicyclic) bond motifs is 5. The minimum absolute atomic E-state index is 0. The summed E-state index contributed by atoms with van der Waals surface area (Å²) in [6, 6.07) is 0. The average molecular weight is 508 g/mol. The van der Waals surface area contributed by atoms with Crippen molar-refractivity contribution < 1.29 is 14.4 Å². The van der Waals surface area contributed by atoms with Crippen LogP contribution in [0.25, 0.3) is 0 Å². The molecule has 198 valence electrons. The third-order valence-corrected chi connectivity index (χ3v) is 10.2. The first-order valence-corrected chi connectivity index (χ1v) is 13.7. The second kappa shape index (κ2) is 11.3. The van der Waals surface area contributed by atoms with Crippen LogP contribution >= 0.6 is 12.4 Å². The minimum atomic E-state index is -0.352. The summed E-state index contributed by atoms with van der Waals surface area (Å²) in [4.78, 5) is 31.8. The Morgan fingerprint density at radius 2 is 1.91 bits per heavy atom. The van der Waals surface area contributed by atoms with Gasteiger partial charge in [-0.25, -0.2) is 4.79 Å². The van der Waals surface area contributed by atoms with E-state index in [0.29, 0.717) is 43.0 Å². The highest BCUT2D eigenvalue weighted by atomic mass is 35.5. The van der Waals surface area contributed by atoms with E-state index in [1.54, 1.807) is 4.90 Å². The zero-order chi connectivity index (χ0) is 24.5. The molecule has 6 nitrogen and oxygen atoms in total. The Labute approximate surface area is 218 Å². The molecule has 4 rings (SSSR count). The summed E-state index contributed by atoms with van der Waals surface area (Å²) in [5, 5.41) is 7.64. The number of hydrogen-bond acceptors (Lipinski definition) is 5. The van der Waals surface area contributed by atoms with Crippen LogP contribution in [0.2, 0.25) is 0 Å². The molecule has 0 saturated heterocycles. The van der Waals surface area contributed by atoms with E-state index >= 15 is 0 Å². The van der Waals surface area contributed by atoms with Crippen LogP contribution in [0.3, 0.4) is 0 Å². The van der Waals surface area contributed by atoms with Crippen molar-refractivity contribution in [3.05, 3.63) is 11.6 Å². The van der Waals surface area contributed by atoms with E-state index in [-0.39, 0.29) is 29.3 Å². The van der Waals surface area contributed by atoms with Crippen molar-refractivity contribution in [2.75, 3.05) is 26.2 Å². The van der Waals surface area contributed by atoms with Gasteiger partial charge in [0.2, 0.25) is 0 Å². The van der Waals surface area contributed by atoms with Crippen LogP contribution in [0.5, 0.6) is 0 Å². The molecular formula is C28H46ClN3O3. The largest absolute Gasteiger partial charge is 0.436 e. The number of nitrogens with zero attached hydrogens (tertiary/aromatic N) is 2. The monoisotopic (exact) mass is 507 g/mol. The van der Waals surface area contributed by atoms with Crippen LogP contribution in [-0.4, -0.2) is 48.7 Å². The van der Waals surface area contributed by atoms with Gasteiger partial charge >= 0.3 is 6.09 Å². The van der Waals surface area contributed by atoms with E-state index < -0.39 is 0 Å². The molecule has 35 heavy (non-hydrogen) atoms. The van der Waals surface area contributed by atoms with Crippen LogP contribution in [0, 0.1) is 34.5 Å². The Bertz CT molecular complexity index is 858. The van der Waals surface area contributed by atoms with Crippen LogP contribution in [-0.2, 0) is 9.63 Å². The quantitative estimate of drug-likeness (QED) is 0.198. The number of ketones is 1. The summed E-state index contributed by atoms with van der Waals surface area (Å²) >= 11 is 0. The molecule has 3 saturated carbocycles. The van der Waals surface area contributed by atoms with Gasteiger partial charge in [0.05, 0.1) is 5.71 Å². The van der Waals surface area contributed by atoms with Gasteiger partial charge in [0, 0.05) is 32.0 Å². The van der Waals surface area contributed by atoms with E-state index in [2.05, 4.69) is 38.2 Å². The number of hydrogen-bond donors (Lipinski definition) is 1. The Balaban J connectivity index is 0.00000342. The third kappa shape index (κ3) is 5.20. The van der Waals surface area contributed by atoms with Gasteiger partial charge < -0.3 is 10.2 Å². The highest BCUT2D eigenvalue weighted by Gasteiger charge is 2.59. The van der Waals surface area contributed by atoms with Gasteiger partial charge in [-0.3, -0.25) is 9.63 Å². The molecule has 0 aromatic heterocycles. The Hall–Kier alpha value is -1.40. The van der Waals surface area contributed by atoms with E-state index in [4.69, 9.17) is 4.84 Å². The molecule has 0 spiro atoms. The number of amides is 1. The van der Waals surface area contributed by atoms with Crippen molar-refractivity contribution in [2.45, 2.75) is 86.0 Å². The highest BCUT2D eigenvalue weighted by Crippen LogP contribution is 2.66. The first-order chi connectivity index (χ1) is 16.2. The van der Waals surface area contributed by atoms with E-state index in [9.17, 15) is 9.59 Å². The summed E-state index contributed by atoms with van der Waals surface area (Å²) in [6.07, 6.45) is 10.5.